The minimum atomic E-state index is -0.760. The largest absolute Gasteiger partial charge is 0.476 e. The van der Waals surface area contributed by atoms with Crippen LogP contribution in [-0.2, 0) is 0 Å². The number of pyridine rings is 1. The third kappa shape index (κ3) is 5.41. The molecule has 19 heavy (non-hydrogen) atoms. The van der Waals surface area contributed by atoms with Gasteiger partial charge in [0.05, 0.1) is 6.61 Å². The number of nitrogens with one attached hydrogen (secondary N) is 1. The first-order chi connectivity index (χ1) is 9.04. The van der Waals surface area contributed by atoms with E-state index in [2.05, 4.69) is 24.1 Å². The molecule has 1 rings (SSSR count). The van der Waals surface area contributed by atoms with E-state index < -0.39 is 11.6 Å². The number of anilines is 1. The lowest BCUT2D eigenvalue weighted by Gasteiger charge is -2.10. The van der Waals surface area contributed by atoms with Gasteiger partial charge in [-0.05, 0) is 25.2 Å². The Morgan fingerprint density at radius 3 is 2.68 bits per heavy atom. The van der Waals surface area contributed by atoms with Crippen molar-refractivity contribution in [1.82, 2.24) is 4.98 Å². The zero-order chi connectivity index (χ0) is 14.3. The SMILES string of the molecule is CCCNc1nc(OCCCC(C)C)c(F)cc1F. The van der Waals surface area contributed by atoms with E-state index in [1.807, 2.05) is 6.92 Å². The molecule has 1 N–H and O–H groups in total. The number of ether oxygens (including phenoxy) is 1. The van der Waals surface area contributed by atoms with Crippen molar-refractivity contribution in [3.63, 3.8) is 0 Å². The summed E-state index contributed by atoms with van der Waals surface area (Å²) in [5.41, 5.74) is 0. The zero-order valence-corrected chi connectivity index (χ0v) is 11.8. The normalized spacial score (nSPS) is 10.8. The molecule has 108 valence electrons. The van der Waals surface area contributed by atoms with Gasteiger partial charge in [-0.3, -0.25) is 0 Å². The second-order valence-electron chi connectivity index (χ2n) is 4.92. The van der Waals surface area contributed by atoms with Gasteiger partial charge in [0.25, 0.3) is 5.88 Å². The van der Waals surface area contributed by atoms with Crippen molar-refractivity contribution in [2.75, 3.05) is 18.5 Å². The first kappa shape index (κ1) is 15.7. The van der Waals surface area contributed by atoms with E-state index in [0.717, 1.165) is 25.3 Å². The topological polar surface area (TPSA) is 34.2 Å². The summed E-state index contributed by atoms with van der Waals surface area (Å²) in [6, 6.07) is 0.808. The fourth-order valence-corrected chi connectivity index (χ4v) is 1.58. The maximum absolute atomic E-state index is 13.5. The number of nitrogens with zero attached hydrogens (tertiary/aromatic N) is 1. The van der Waals surface area contributed by atoms with Gasteiger partial charge in [-0.15, -0.1) is 0 Å². The van der Waals surface area contributed by atoms with Gasteiger partial charge in [-0.1, -0.05) is 20.8 Å². The number of aromatic nitrogens is 1. The van der Waals surface area contributed by atoms with Gasteiger partial charge >= 0.3 is 0 Å². The van der Waals surface area contributed by atoms with Gasteiger partial charge in [-0.25, -0.2) is 8.78 Å². The molecule has 0 amide bonds. The summed E-state index contributed by atoms with van der Waals surface area (Å²) in [6.07, 6.45) is 2.67. The Balaban J connectivity index is 2.61. The molecule has 0 fully saturated rings. The van der Waals surface area contributed by atoms with Gasteiger partial charge in [0.15, 0.2) is 17.5 Å². The van der Waals surface area contributed by atoms with Gasteiger partial charge in [0.1, 0.15) is 0 Å². The lowest BCUT2D eigenvalue weighted by Crippen LogP contribution is -2.08. The van der Waals surface area contributed by atoms with Crippen LogP contribution in [0.15, 0.2) is 6.07 Å². The van der Waals surface area contributed by atoms with E-state index in [-0.39, 0.29) is 11.7 Å². The number of rotatable bonds is 8. The Kier molecular flexibility index (Phi) is 6.53. The number of hydrogen-bond acceptors (Lipinski definition) is 3. The highest BCUT2D eigenvalue weighted by atomic mass is 19.1. The molecule has 5 heteroatoms. The molecule has 0 saturated heterocycles. The van der Waals surface area contributed by atoms with Crippen LogP contribution in [0.1, 0.15) is 40.0 Å². The van der Waals surface area contributed by atoms with Crippen LogP contribution in [0.2, 0.25) is 0 Å². The second-order valence-corrected chi connectivity index (χ2v) is 4.92. The van der Waals surface area contributed by atoms with E-state index in [1.165, 1.54) is 0 Å². The third-order valence-electron chi connectivity index (χ3n) is 2.60. The molecule has 0 aromatic carbocycles. The number of halogens is 2. The summed E-state index contributed by atoms with van der Waals surface area (Å²) >= 11 is 0. The van der Waals surface area contributed by atoms with Crippen molar-refractivity contribution in [2.45, 2.75) is 40.0 Å². The zero-order valence-electron chi connectivity index (χ0n) is 11.8. The molecule has 1 aromatic heterocycles. The predicted octanol–water partition coefficient (Wildman–Crippen LogP) is 4.00. The molecule has 0 aliphatic rings. The molecular formula is C14H22F2N2O. The van der Waals surface area contributed by atoms with Crippen molar-refractivity contribution in [1.29, 1.82) is 0 Å². The fourth-order valence-electron chi connectivity index (χ4n) is 1.58. The smallest absolute Gasteiger partial charge is 0.252 e. The van der Waals surface area contributed by atoms with Gasteiger partial charge < -0.3 is 10.1 Å². The molecule has 0 radical (unpaired) electrons. The molecule has 0 spiro atoms. The molecular weight excluding hydrogens is 250 g/mol. The molecule has 0 aliphatic heterocycles. The van der Waals surface area contributed by atoms with Gasteiger partial charge in [0.2, 0.25) is 0 Å². The summed E-state index contributed by atoms with van der Waals surface area (Å²) < 4.78 is 32.2. The van der Waals surface area contributed by atoms with Crippen molar-refractivity contribution in [3.05, 3.63) is 17.7 Å². The summed E-state index contributed by atoms with van der Waals surface area (Å²) in [7, 11) is 0. The second kappa shape index (κ2) is 7.92. The summed E-state index contributed by atoms with van der Waals surface area (Å²) in [5, 5.41) is 2.81. The molecule has 0 atom stereocenters. The van der Waals surface area contributed by atoms with Gasteiger partial charge in [0, 0.05) is 12.6 Å². The number of hydrogen-bond donors (Lipinski definition) is 1. The first-order valence-electron chi connectivity index (χ1n) is 6.77. The first-order valence-corrected chi connectivity index (χ1v) is 6.77. The van der Waals surface area contributed by atoms with Crippen molar-refractivity contribution >= 4 is 5.82 Å². The Labute approximate surface area is 113 Å². The van der Waals surface area contributed by atoms with Crippen LogP contribution in [0.5, 0.6) is 5.88 Å². The molecule has 1 heterocycles. The molecule has 0 unspecified atom stereocenters. The van der Waals surface area contributed by atoms with Crippen LogP contribution < -0.4 is 10.1 Å². The summed E-state index contributed by atoms with van der Waals surface area (Å²) in [4.78, 5) is 3.84. The predicted molar refractivity (Wildman–Crippen MR) is 72.5 cm³/mol. The Bertz CT molecular complexity index is 397. The van der Waals surface area contributed by atoms with Gasteiger partial charge in [-0.2, -0.15) is 4.98 Å². The lowest BCUT2D eigenvalue weighted by molar-refractivity contribution is 0.272. The van der Waals surface area contributed by atoms with Crippen LogP contribution in [0.3, 0.4) is 0 Å². The van der Waals surface area contributed by atoms with Crippen LogP contribution in [0.25, 0.3) is 0 Å². The van der Waals surface area contributed by atoms with Crippen molar-refractivity contribution < 1.29 is 13.5 Å². The van der Waals surface area contributed by atoms with Crippen LogP contribution in [0, 0.1) is 17.6 Å². The molecule has 0 aliphatic carbocycles. The third-order valence-corrected chi connectivity index (χ3v) is 2.60. The van der Waals surface area contributed by atoms with E-state index in [1.54, 1.807) is 0 Å². The maximum Gasteiger partial charge on any atom is 0.252 e. The van der Waals surface area contributed by atoms with E-state index in [4.69, 9.17) is 4.74 Å². The Morgan fingerprint density at radius 2 is 2.05 bits per heavy atom. The van der Waals surface area contributed by atoms with E-state index in [0.29, 0.717) is 19.1 Å². The fraction of sp³-hybridized carbons (Fsp3) is 0.643. The van der Waals surface area contributed by atoms with Crippen molar-refractivity contribution in [3.8, 4) is 5.88 Å². The molecule has 0 saturated carbocycles. The highest BCUT2D eigenvalue weighted by Crippen LogP contribution is 2.21. The van der Waals surface area contributed by atoms with Crippen LogP contribution >= 0.6 is 0 Å². The lowest BCUT2D eigenvalue weighted by atomic mass is 10.1. The van der Waals surface area contributed by atoms with Crippen LogP contribution in [0.4, 0.5) is 14.6 Å². The quantitative estimate of drug-likeness (QED) is 0.726. The molecule has 0 bridgehead atoms. The molecule has 1 aromatic rings. The Morgan fingerprint density at radius 1 is 1.32 bits per heavy atom. The monoisotopic (exact) mass is 272 g/mol. The highest BCUT2D eigenvalue weighted by Gasteiger charge is 2.12. The van der Waals surface area contributed by atoms with Crippen molar-refractivity contribution in [2.24, 2.45) is 5.92 Å². The maximum atomic E-state index is 13.5. The molecule has 3 nitrogen and oxygen atoms in total. The van der Waals surface area contributed by atoms with Crippen LogP contribution in [-0.4, -0.2) is 18.1 Å². The standard InChI is InChI=1S/C14H22F2N2O/c1-4-7-17-13-11(15)9-12(16)14(18-13)19-8-5-6-10(2)3/h9-10H,4-8H2,1-3H3,(H,17,18). The highest BCUT2D eigenvalue weighted by molar-refractivity contribution is 5.39. The summed E-state index contributed by atoms with van der Waals surface area (Å²) in [6.45, 7) is 7.16. The minimum absolute atomic E-state index is 0.0436. The Hall–Kier alpha value is -1.39. The van der Waals surface area contributed by atoms with E-state index >= 15 is 0 Å². The van der Waals surface area contributed by atoms with E-state index in [9.17, 15) is 8.78 Å². The minimum Gasteiger partial charge on any atom is -0.476 e. The summed E-state index contributed by atoms with van der Waals surface area (Å²) in [5.74, 6) is -0.966. The average Bonchev–Trinajstić information content (AvgIpc) is 2.35. The average molecular weight is 272 g/mol.